The van der Waals surface area contributed by atoms with Gasteiger partial charge in [0.25, 0.3) is 0 Å². The highest BCUT2D eigenvalue weighted by Gasteiger charge is 2.18. The van der Waals surface area contributed by atoms with E-state index in [1.165, 1.54) is 17.1 Å². The molecule has 1 aromatic carbocycles. The van der Waals surface area contributed by atoms with Gasteiger partial charge in [-0.1, -0.05) is 12.1 Å². The number of hydrogen-bond acceptors (Lipinski definition) is 3. The topological polar surface area (TPSA) is 37.3 Å². The number of thioether (sulfide) groups is 2. The summed E-state index contributed by atoms with van der Waals surface area (Å²) in [5, 5.41) is 8.73. The van der Waals surface area contributed by atoms with Crippen LogP contribution in [-0.4, -0.2) is 22.6 Å². The molecule has 74 valence electrons. The van der Waals surface area contributed by atoms with E-state index < -0.39 is 5.97 Å². The number of rotatable bonds is 2. The van der Waals surface area contributed by atoms with Crippen LogP contribution in [0.1, 0.15) is 20.5 Å². The first-order valence-corrected chi connectivity index (χ1v) is 6.43. The minimum absolute atomic E-state index is 0.363. The number of aromatic carboxylic acids is 1. The molecule has 0 spiro atoms. The highest BCUT2D eigenvalue weighted by Crippen LogP contribution is 2.45. The molecule has 0 bridgehead atoms. The van der Waals surface area contributed by atoms with Crippen molar-refractivity contribution in [1.29, 1.82) is 0 Å². The van der Waals surface area contributed by atoms with Crippen molar-refractivity contribution in [3.63, 3.8) is 0 Å². The SMILES string of the molecule is O=C(O)c1ccc(C2SCCS2)cc1. The van der Waals surface area contributed by atoms with Gasteiger partial charge in [0.05, 0.1) is 10.1 Å². The molecule has 1 fully saturated rings. The summed E-state index contributed by atoms with van der Waals surface area (Å²) in [7, 11) is 0. The van der Waals surface area contributed by atoms with E-state index in [4.69, 9.17) is 5.11 Å². The predicted molar refractivity (Wildman–Crippen MR) is 61.1 cm³/mol. The first-order chi connectivity index (χ1) is 6.77. The quantitative estimate of drug-likeness (QED) is 0.841. The molecule has 2 nitrogen and oxygen atoms in total. The van der Waals surface area contributed by atoms with Gasteiger partial charge in [-0.15, -0.1) is 23.5 Å². The highest BCUT2D eigenvalue weighted by molar-refractivity contribution is 8.19. The summed E-state index contributed by atoms with van der Waals surface area (Å²) in [6, 6.07) is 7.19. The summed E-state index contributed by atoms with van der Waals surface area (Å²) in [5.41, 5.74) is 1.59. The van der Waals surface area contributed by atoms with E-state index in [9.17, 15) is 4.79 Å². The second-order valence-corrected chi connectivity index (χ2v) is 5.73. The van der Waals surface area contributed by atoms with Gasteiger partial charge in [0.2, 0.25) is 0 Å². The van der Waals surface area contributed by atoms with E-state index in [0.717, 1.165) is 0 Å². The van der Waals surface area contributed by atoms with Crippen molar-refractivity contribution >= 4 is 29.5 Å². The summed E-state index contributed by atoms with van der Waals surface area (Å²) in [6.07, 6.45) is 0. The lowest BCUT2D eigenvalue weighted by atomic mass is 10.1. The van der Waals surface area contributed by atoms with Crippen molar-refractivity contribution in [3.8, 4) is 0 Å². The van der Waals surface area contributed by atoms with E-state index in [1.54, 1.807) is 12.1 Å². The Kier molecular flexibility index (Phi) is 3.03. The number of benzene rings is 1. The number of carboxylic acids is 1. The van der Waals surface area contributed by atoms with Crippen LogP contribution < -0.4 is 0 Å². The Morgan fingerprint density at radius 3 is 2.29 bits per heavy atom. The molecule has 2 rings (SSSR count). The molecule has 1 saturated heterocycles. The molecule has 4 heteroatoms. The zero-order valence-electron chi connectivity index (χ0n) is 7.47. The minimum Gasteiger partial charge on any atom is -0.478 e. The lowest BCUT2D eigenvalue weighted by Gasteiger charge is -2.07. The average molecular weight is 226 g/mol. The molecular formula is C10H10O2S2. The van der Waals surface area contributed by atoms with Crippen molar-refractivity contribution in [2.45, 2.75) is 4.58 Å². The molecule has 1 aliphatic heterocycles. The van der Waals surface area contributed by atoms with Crippen molar-refractivity contribution in [1.82, 2.24) is 0 Å². The second kappa shape index (κ2) is 4.28. The van der Waals surface area contributed by atoms with E-state index in [0.29, 0.717) is 10.1 Å². The van der Waals surface area contributed by atoms with Crippen LogP contribution in [0.2, 0.25) is 0 Å². The van der Waals surface area contributed by atoms with E-state index in [2.05, 4.69) is 0 Å². The van der Waals surface area contributed by atoms with Crippen LogP contribution in [0.5, 0.6) is 0 Å². The Bertz CT molecular complexity index is 328. The van der Waals surface area contributed by atoms with Crippen molar-refractivity contribution < 1.29 is 9.90 Å². The molecule has 0 aromatic heterocycles. The molecule has 0 aliphatic carbocycles. The van der Waals surface area contributed by atoms with Crippen LogP contribution in [0.15, 0.2) is 24.3 Å². The van der Waals surface area contributed by atoms with E-state index >= 15 is 0 Å². The van der Waals surface area contributed by atoms with Crippen LogP contribution in [0.25, 0.3) is 0 Å². The summed E-state index contributed by atoms with van der Waals surface area (Å²) >= 11 is 3.85. The maximum atomic E-state index is 10.6. The van der Waals surface area contributed by atoms with Crippen LogP contribution in [0, 0.1) is 0 Å². The van der Waals surface area contributed by atoms with Crippen molar-refractivity contribution in [2.75, 3.05) is 11.5 Å². The largest absolute Gasteiger partial charge is 0.478 e. The number of carbonyl (C=O) groups is 1. The predicted octanol–water partition coefficient (Wildman–Crippen LogP) is 2.86. The van der Waals surface area contributed by atoms with Crippen LogP contribution >= 0.6 is 23.5 Å². The zero-order chi connectivity index (χ0) is 9.97. The minimum atomic E-state index is -0.858. The molecule has 14 heavy (non-hydrogen) atoms. The summed E-state index contributed by atoms with van der Waals surface area (Å²) in [5.74, 6) is 1.52. The van der Waals surface area contributed by atoms with Gasteiger partial charge in [-0.3, -0.25) is 0 Å². The molecule has 0 unspecified atom stereocenters. The lowest BCUT2D eigenvalue weighted by Crippen LogP contribution is -1.96. The van der Waals surface area contributed by atoms with Crippen LogP contribution in [0.4, 0.5) is 0 Å². The second-order valence-electron chi connectivity index (χ2n) is 3.00. The summed E-state index contributed by atoms with van der Waals surface area (Å²) in [4.78, 5) is 10.6. The van der Waals surface area contributed by atoms with Crippen molar-refractivity contribution in [3.05, 3.63) is 35.4 Å². The molecule has 0 radical (unpaired) electrons. The van der Waals surface area contributed by atoms with Crippen LogP contribution in [-0.2, 0) is 0 Å². The van der Waals surface area contributed by atoms with Gasteiger partial charge in [0.15, 0.2) is 0 Å². The molecular weight excluding hydrogens is 216 g/mol. The lowest BCUT2D eigenvalue weighted by molar-refractivity contribution is 0.0697. The third-order valence-corrected chi connectivity index (χ3v) is 5.16. The maximum absolute atomic E-state index is 10.6. The zero-order valence-corrected chi connectivity index (χ0v) is 9.11. The molecule has 0 saturated carbocycles. The van der Waals surface area contributed by atoms with Gasteiger partial charge in [-0.25, -0.2) is 4.79 Å². The van der Waals surface area contributed by atoms with Gasteiger partial charge in [-0.2, -0.15) is 0 Å². The Hall–Kier alpha value is -0.610. The first kappa shape index (κ1) is 9.93. The Morgan fingerprint density at radius 2 is 1.79 bits per heavy atom. The van der Waals surface area contributed by atoms with Gasteiger partial charge in [-0.05, 0) is 17.7 Å². The van der Waals surface area contributed by atoms with E-state index in [-0.39, 0.29) is 0 Å². The summed E-state index contributed by atoms with van der Waals surface area (Å²) in [6.45, 7) is 0. The smallest absolute Gasteiger partial charge is 0.335 e. The maximum Gasteiger partial charge on any atom is 0.335 e. The van der Waals surface area contributed by atoms with Gasteiger partial charge >= 0.3 is 5.97 Å². The fraction of sp³-hybridized carbons (Fsp3) is 0.300. The fourth-order valence-corrected chi connectivity index (χ4v) is 4.19. The molecule has 1 aliphatic rings. The Morgan fingerprint density at radius 1 is 1.21 bits per heavy atom. The van der Waals surface area contributed by atoms with Gasteiger partial charge < -0.3 is 5.11 Å². The average Bonchev–Trinajstić information content (AvgIpc) is 2.71. The fourth-order valence-electron chi connectivity index (χ4n) is 1.33. The van der Waals surface area contributed by atoms with Crippen LogP contribution in [0.3, 0.4) is 0 Å². The first-order valence-electron chi connectivity index (χ1n) is 4.34. The Labute approximate surface area is 91.1 Å². The third kappa shape index (κ3) is 2.07. The molecule has 1 heterocycles. The third-order valence-electron chi connectivity index (χ3n) is 2.05. The van der Waals surface area contributed by atoms with Gasteiger partial charge in [0, 0.05) is 11.5 Å². The van der Waals surface area contributed by atoms with Gasteiger partial charge in [0.1, 0.15) is 0 Å². The number of carboxylic acid groups (broad SMARTS) is 1. The number of hydrogen-bond donors (Lipinski definition) is 1. The summed E-state index contributed by atoms with van der Waals surface area (Å²) < 4.78 is 0.498. The van der Waals surface area contributed by atoms with E-state index in [1.807, 2.05) is 35.7 Å². The molecule has 0 amide bonds. The Balaban J connectivity index is 2.16. The van der Waals surface area contributed by atoms with Crippen molar-refractivity contribution in [2.24, 2.45) is 0 Å². The normalized spacial score (nSPS) is 17.1. The standard InChI is InChI=1S/C10H10O2S2/c11-9(12)7-1-3-8(4-2-7)10-13-5-6-14-10/h1-4,10H,5-6H2,(H,11,12). The highest BCUT2D eigenvalue weighted by atomic mass is 32.2. The monoisotopic (exact) mass is 226 g/mol. The molecule has 1 aromatic rings. The molecule has 1 N–H and O–H groups in total. The molecule has 0 atom stereocenters.